The molecule has 20 heavy (non-hydrogen) atoms. The van der Waals surface area contributed by atoms with E-state index in [1.807, 2.05) is 18.2 Å². The van der Waals surface area contributed by atoms with Crippen LogP contribution in [0.5, 0.6) is 0 Å². The zero-order chi connectivity index (χ0) is 14.5. The van der Waals surface area contributed by atoms with Crippen molar-refractivity contribution in [1.29, 1.82) is 5.26 Å². The molecule has 0 unspecified atom stereocenters. The Kier molecular flexibility index (Phi) is 4.33. The van der Waals surface area contributed by atoms with Gasteiger partial charge in [0.2, 0.25) is 0 Å². The zero-order valence-corrected chi connectivity index (χ0v) is 11.5. The lowest BCUT2D eigenvalue weighted by molar-refractivity contribution is 0.0695. The summed E-state index contributed by atoms with van der Waals surface area (Å²) in [4.78, 5) is 19.3. The second-order valence-corrected chi connectivity index (χ2v) is 5.01. The number of pyridine rings is 2. The van der Waals surface area contributed by atoms with Gasteiger partial charge in [-0.05, 0) is 24.6 Å². The quantitative estimate of drug-likeness (QED) is 0.869. The lowest BCUT2D eigenvalue weighted by atomic mass is 10.1. The maximum absolute atomic E-state index is 11.0. The van der Waals surface area contributed by atoms with Crippen molar-refractivity contribution in [3.8, 4) is 6.07 Å². The van der Waals surface area contributed by atoms with Gasteiger partial charge in [0.05, 0.1) is 16.8 Å². The Morgan fingerprint density at radius 2 is 2.35 bits per heavy atom. The first-order valence-electron chi connectivity index (χ1n) is 5.78. The largest absolute Gasteiger partial charge is 0.478 e. The maximum atomic E-state index is 11.0. The van der Waals surface area contributed by atoms with Crippen molar-refractivity contribution in [3.63, 3.8) is 0 Å². The molecule has 0 amide bonds. The topological polar surface area (TPSA) is 86.9 Å². The molecule has 2 rings (SSSR count). The van der Waals surface area contributed by atoms with Crippen molar-refractivity contribution in [1.82, 2.24) is 9.97 Å². The van der Waals surface area contributed by atoms with E-state index in [1.54, 1.807) is 19.3 Å². The molecule has 0 radical (unpaired) electrons. The monoisotopic (exact) mass is 285 g/mol. The normalized spacial score (nSPS) is 10.0. The van der Waals surface area contributed by atoms with Gasteiger partial charge in [0.1, 0.15) is 11.1 Å². The summed E-state index contributed by atoms with van der Waals surface area (Å²) in [5, 5.41) is 18.7. The fourth-order valence-corrected chi connectivity index (χ4v) is 2.56. The highest BCUT2D eigenvalue weighted by molar-refractivity contribution is 7.98. The van der Waals surface area contributed by atoms with E-state index in [4.69, 9.17) is 10.4 Å². The van der Waals surface area contributed by atoms with Gasteiger partial charge < -0.3 is 5.11 Å². The number of hydrogen-bond acceptors (Lipinski definition) is 5. The molecule has 0 aliphatic rings. The van der Waals surface area contributed by atoms with E-state index in [0.29, 0.717) is 16.5 Å². The minimum absolute atomic E-state index is 0.0623. The Bertz CT molecular complexity index is 681. The Hall–Kier alpha value is -2.39. The lowest BCUT2D eigenvalue weighted by Gasteiger charge is -2.07. The van der Waals surface area contributed by atoms with Crippen molar-refractivity contribution in [3.05, 3.63) is 53.0 Å². The molecule has 0 aromatic carbocycles. The summed E-state index contributed by atoms with van der Waals surface area (Å²) in [6.07, 6.45) is 3.44. The van der Waals surface area contributed by atoms with Crippen molar-refractivity contribution < 1.29 is 9.90 Å². The van der Waals surface area contributed by atoms with E-state index in [0.717, 1.165) is 5.56 Å². The third kappa shape index (κ3) is 3.13. The number of aromatic nitrogens is 2. The van der Waals surface area contributed by atoms with Crippen LogP contribution in [0.1, 0.15) is 27.2 Å². The fraction of sp³-hybridized carbons (Fsp3) is 0.143. The summed E-state index contributed by atoms with van der Waals surface area (Å²) in [5.41, 5.74) is 1.77. The van der Waals surface area contributed by atoms with E-state index in [9.17, 15) is 4.79 Å². The highest BCUT2D eigenvalue weighted by Crippen LogP contribution is 2.25. The summed E-state index contributed by atoms with van der Waals surface area (Å²) < 4.78 is 0. The van der Waals surface area contributed by atoms with Crippen LogP contribution in [0.2, 0.25) is 0 Å². The lowest BCUT2D eigenvalue weighted by Crippen LogP contribution is -2.04. The van der Waals surface area contributed by atoms with Gasteiger partial charge in [-0.2, -0.15) is 5.26 Å². The smallest absolute Gasteiger partial charge is 0.337 e. The molecule has 0 aliphatic carbocycles. The van der Waals surface area contributed by atoms with E-state index >= 15 is 0 Å². The number of carboxylic acids is 1. The standard InChI is InChI=1S/C14H11N3O2S/c1-9-12(14(18)19)5-11(6-15)13(17-9)20-8-10-3-2-4-16-7-10/h2-5,7H,8H2,1H3,(H,18,19). The van der Waals surface area contributed by atoms with E-state index < -0.39 is 5.97 Å². The van der Waals surface area contributed by atoms with Crippen LogP contribution in [0.25, 0.3) is 0 Å². The maximum Gasteiger partial charge on any atom is 0.337 e. The molecule has 6 heteroatoms. The molecular weight excluding hydrogens is 274 g/mol. The minimum Gasteiger partial charge on any atom is -0.478 e. The first-order chi connectivity index (χ1) is 9.61. The van der Waals surface area contributed by atoms with Crippen molar-refractivity contribution in [2.75, 3.05) is 0 Å². The van der Waals surface area contributed by atoms with Crippen LogP contribution in [0.4, 0.5) is 0 Å². The highest BCUT2D eigenvalue weighted by atomic mass is 32.2. The second-order valence-electron chi connectivity index (χ2n) is 4.04. The molecule has 2 aromatic heterocycles. The number of aromatic carboxylic acids is 1. The van der Waals surface area contributed by atoms with Gasteiger partial charge in [-0.3, -0.25) is 4.98 Å². The van der Waals surface area contributed by atoms with Crippen molar-refractivity contribution in [2.45, 2.75) is 17.7 Å². The SMILES string of the molecule is Cc1nc(SCc2cccnc2)c(C#N)cc1C(=O)O. The molecular formula is C14H11N3O2S. The number of thioether (sulfide) groups is 1. The molecule has 2 aromatic rings. The van der Waals surface area contributed by atoms with Crippen LogP contribution in [0.15, 0.2) is 35.6 Å². The number of carbonyl (C=O) groups is 1. The molecule has 0 spiro atoms. The summed E-state index contributed by atoms with van der Waals surface area (Å²) in [6, 6.07) is 7.14. The van der Waals surface area contributed by atoms with Crippen LogP contribution >= 0.6 is 11.8 Å². The van der Waals surface area contributed by atoms with E-state index in [1.165, 1.54) is 17.8 Å². The first kappa shape index (κ1) is 14.0. The van der Waals surface area contributed by atoms with Gasteiger partial charge in [-0.15, -0.1) is 11.8 Å². The van der Waals surface area contributed by atoms with Crippen molar-refractivity contribution >= 4 is 17.7 Å². The molecule has 0 atom stereocenters. The van der Waals surface area contributed by atoms with Gasteiger partial charge in [0, 0.05) is 18.1 Å². The number of nitriles is 1. The van der Waals surface area contributed by atoms with Gasteiger partial charge in [0.15, 0.2) is 0 Å². The van der Waals surface area contributed by atoms with Gasteiger partial charge in [-0.25, -0.2) is 9.78 Å². The molecule has 5 nitrogen and oxygen atoms in total. The molecule has 0 saturated heterocycles. The Morgan fingerprint density at radius 3 is 2.95 bits per heavy atom. The Labute approximate surface area is 120 Å². The average Bonchev–Trinajstić information content (AvgIpc) is 2.46. The summed E-state index contributed by atoms with van der Waals surface area (Å²) in [7, 11) is 0. The van der Waals surface area contributed by atoms with Gasteiger partial charge in [0.25, 0.3) is 0 Å². The van der Waals surface area contributed by atoms with Crippen LogP contribution in [0.3, 0.4) is 0 Å². The molecule has 0 aliphatic heterocycles. The molecule has 1 N–H and O–H groups in total. The Balaban J connectivity index is 2.26. The number of hydrogen-bond donors (Lipinski definition) is 1. The molecule has 0 saturated carbocycles. The third-order valence-electron chi connectivity index (χ3n) is 2.63. The van der Waals surface area contributed by atoms with Crippen LogP contribution < -0.4 is 0 Å². The second kappa shape index (κ2) is 6.17. The average molecular weight is 285 g/mol. The van der Waals surface area contributed by atoms with E-state index in [-0.39, 0.29) is 11.1 Å². The number of nitrogens with zero attached hydrogens (tertiary/aromatic N) is 3. The fourth-order valence-electron chi connectivity index (χ4n) is 1.63. The van der Waals surface area contributed by atoms with Gasteiger partial charge in [-0.1, -0.05) is 6.07 Å². The van der Waals surface area contributed by atoms with Crippen LogP contribution in [-0.4, -0.2) is 21.0 Å². The summed E-state index contributed by atoms with van der Waals surface area (Å²) in [5.74, 6) is -0.447. The predicted octanol–water partition coefficient (Wildman–Crippen LogP) is 2.65. The molecule has 100 valence electrons. The third-order valence-corrected chi connectivity index (χ3v) is 3.69. The number of rotatable bonds is 4. The Morgan fingerprint density at radius 1 is 1.55 bits per heavy atom. The zero-order valence-electron chi connectivity index (χ0n) is 10.7. The first-order valence-corrected chi connectivity index (χ1v) is 6.77. The number of aryl methyl sites for hydroxylation is 1. The number of carboxylic acid groups (broad SMARTS) is 1. The van der Waals surface area contributed by atoms with Crippen molar-refractivity contribution in [2.24, 2.45) is 0 Å². The van der Waals surface area contributed by atoms with Crippen LogP contribution in [0, 0.1) is 18.3 Å². The summed E-state index contributed by atoms with van der Waals surface area (Å²) >= 11 is 1.39. The van der Waals surface area contributed by atoms with Gasteiger partial charge >= 0.3 is 5.97 Å². The highest BCUT2D eigenvalue weighted by Gasteiger charge is 2.14. The predicted molar refractivity (Wildman–Crippen MR) is 74.4 cm³/mol. The molecule has 0 bridgehead atoms. The minimum atomic E-state index is -1.07. The molecule has 2 heterocycles. The molecule has 0 fully saturated rings. The van der Waals surface area contributed by atoms with Crippen LogP contribution in [-0.2, 0) is 5.75 Å². The summed E-state index contributed by atoms with van der Waals surface area (Å²) in [6.45, 7) is 1.62. The van der Waals surface area contributed by atoms with E-state index in [2.05, 4.69) is 9.97 Å².